The maximum atomic E-state index is 4.88. The summed E-state index contributed by atoms with van der Waals surface area (Å²) in [5, 5.41) is 8.79. The Hall–Kier alpha value is -3.78. The van der Waals surface area contributed by atoms with Crippen molar-refractivity contribution < 1.29 is 0 Å². The maximum absolute atomic E-state index is 4.88. The second kappa shape index (κ2) is 7.17. The lowest BCUT2D eigenvalue weighted by Gasteiger charge is -2.34. The minimum absolute atomic E-state index is 0.795. The van der Waals surface area contributed by atoms with Crippen LogP contribution in [0.25, 0.3) is 44.7 Å². The first-order valence-electron chi connectivity index (χ1n) is 10.4. The number of nitrogens with zero attached hydrogens (tertiary/aromatic N) is 6. The van der Waals surface area contributed by atoms with Gasteiger partial charge in [-0.25, -0.2) is 9.97 Å². The van der Waals surface area contributed by atoms with E-state index in [4.69, 9.17) is 4.98 Å². The third-order valence-corrected chi connectivity index (χ3v) is 5.97. The summed E-state index contributed by atoms with van der Waals surface area (Å²) < 4.78 is 0. The molecule has 154 valence electrons. The van der Waals surface area contributed by atoms with Gasteiger partial charge in [0.05, 0.1) is 16.9 Å². The van der Waals surface area contributed by atoms with Crippen LogP contribution in [-0.2, 0) is 0 Å². The number of H-pyrrole nitrogens is 2. The average Bonchev–Trinajstić information content (AvgIpc) is 3.43. The van der Waals surface area contributed by atoms with Gasteiger partial charge in [-0.15, -0.1) is 0 Å². The van der Waals surface area contributed by atoms with Gasteiger partial charge in [-0.3, -0.25) is 10.1 Å². The third-order valence-electron chi connectivity index (χ3n) is 5.97. The fraction of sp³-hybridized carbons (Fsp3) is 0.217. The zero-order valence-corrected chi connectivity index (χ0v) is 17.2. The molecule has 1 fully saturated rings. The Bertz CT molecular complexity index is 1360. The van der Waals surface area contributed by atoms with Gasteiger partial charge in [0.25, 0.3) is 0 Å². The number of fused-ring (bicyclic) bond motifs is 2. The summed E-state index contributed by atoms with van der Waals surface area (Å²) in [5.74, 6) is 0. The number of piperazine rings is 1. The van der Waals surface area contributed by atoms with Gasteiger partial charge in [0.1, 0.15) is 16.9 Å². The zero-order chi connectivity index (χ0) is 20.8. The Morgan fingerprint density at radius 1 is 1.00 bits per heavy atom. The average molecular weight is 410 g/mol. The van der Waals surface area contributed by atoms with Crippen molar-refractivity contribution in [1.29, 1.82) is 0 Å². The van der Waals surface area contributed by atoms with Crippen LogP contribution in [0, 0.1) is 0 Å². The summed E-state index contributed by atoms with van der Waals surface area (Å²) in [4.78, 5) is 21.9. The summed E-state index contributed by atoms with van der Waals surface area (Å²) in [6.07, 6.45) is 5.46. The second-order valence-corrected chi connectivity index (χ2v) is 7.97. The van der Waals surface area contributed by atoms with Gasteiger partial charge in [0.15, 0.2) is 0 Å². The standard InChI is InChI=1S/C23H22N8/c1-30-9-11-31(12-10-30)20-6-8-25-23-16(20)13-19(27-23)22-21-18(28-29-22)5-4-17(26-21)15-3-2-7-24-14-15/h2-8,13-14H,9-12H2,1H3,(H,25,27)(H,28,29). The third kappa shape index (κ3) is 3.12. The van der Waals surface area contributed by atoms with Crippen molar-refractivity contribution in [3.05, 3.63) is 55.0 Å². The Balaban J connectivity index is 1.44. The molecular weight excluding hydrogens is 388 g/mol. The van der Waals surface area contributed by atoms with Crippen molar-refractivity contribution >= 4 is 27.8 Å². The molecule has 8 heteroatoms. The zero-order valence-electron chi connectivity index (χ0n) is 17.2. The van der Waals surface area contributed by atoms with E-state index in [-0.39, 0.29) is 0 Å². The van der Waals surface area contributed by atoms with E-state index >= 15 is 0 Å². The highest BCUT2D eigenvalue weighted by Gasteiger charge is 2.19. The smallest absolute Gasteiger partial charge is 0.139 e. The van der Waals surface area contributed by atoms with E-state index in [1.54, 1.807) is 6.20 Å². The van der Waals surface area contributed by atoms with E-state index in [0.717, 1.165) is 70.9 Å². The van der Waals surface area contributed by atoms with E-state index in [2.05, 4.69) is 54.1 Å². The van der Waals surface area contributed by atoms with E-state index in [9.17, 15) is 0 Å². The molecule has 5 aromatic rings. The highest BCUT2D eigenvalue weighted by molar-refractivity contribution is 5.97. The van der Waals surface area contributed by atoms with Crippen LogP contribution in [0.4, 0.5) is 5.69 Å². The predicted molar refractivity (Wildman–Crippen MR) is 122 cm³/mol. The van der Waals surface area contributed by atoms with Crippen molar-refractivity contribution in [3.63, 3.8) is 0 Å². The summed E-state index contributed by atoms with van der Waals surface area (Å²) in [6, 6.07) is 12.2. The number of nitrogens with one attached hydrogen (secondary N) is 2. The Labute approximate surface area is 179 Å². The molecule has 31 heavy (non-hydrogen) atoms. The molecule has 6 rings (SSSR count). The molecule has 0 amide bonds. The van der Waals surface area contributed by atoms with Gasteiger partial charge in [-0.2, -0.15) is 5.10 Å². The Morgan fingerprint density at radius 3 is 2.74 bits per heavy atom. The van der Waals surface area contributed by atoms with Gasteiger partial charge < -0.3 is 14.8 Å². The summed E-state index contributed by atoms with van der Waals surface area (Å²) >= 11 is 0. The van der Waals surface area contributed by atoms with E-state index < -0.39 is 0 Å². The fourth-order valence-electron chi connectivity index (χ4n) is 4.23. The van der Waals surface area contributed by atoms with E-state index in [1.165, 1.54) is 5.69 Å². The molecule has 0 saturated carbocycles. The van der Waals surface area contributed by atoms with Crippen LogP contribution in [0.3, 0.4) is 0 Å². The number of rotatable bonds is 3. The van der Waals surface area contributed by atoms with Crippen molar-refractivity contribution in [1.82, 2.24) is 35.0 Å². The normalized spacial score (nSPS) is 15.2. The largest absolute Gasteiger partial charge is 0.368 e. The highest BCUT2D eigenvalue weighted by atomic mass is 15.2. The lowest BCUT2D eigenvalue weighted by atomic mass is 10.1. The molecule has 0 radical (unpaired) electrons. The summed E-state index contributed by atoms with van der Waals surface area (Å²) in [6.45, 7) is 4.15. The molecule has 6 heterocycles. The number of aromatic nitrogens is 6. The minimum atomic E-state index is 0.795. The van der Waals surface area contributed by atoms with Crippen molar-refractivity contribution in [2.45, 2.75) is 0 Å². The van der Waals surface area contributed by atoms with Crippen LogP contribution >= 0.6 is 0 Å². The molecule has 0 bridgehead atoms. The molecular formula is C23H22N8. The first kappa shape index (κ1) is 18.0. The number of hydrogen-bond donors (Lipinski definition) is 2. The number of aromatic amines is 2. The summed E-state index contributed by atoms with van der Waals surface area (Å²) in [7, 11) is 2.17. The Morgan fingerprint density at radius 2 is 1.90 bits per heavy atom. The molecule has 8 nitrogen and oxygen atoms in total. The Kier molecular flexibility index (Phi) is 4.17. The van der Waals surface area contributed by atoms with E-state index in [0.29, 0.717) is 0 Å². The molecule has 0 aliphatic carbocycles. The van der Waals surface area contributed by atoms with Crippen LogP contribution in [0.5, 0.6) is 0 Å². The number of likely N-dealkylation sites (N-methyl/N-ethyl adjacent to an activating group) is 1. The first-order valence-corrected chi connectivity index (χ1v) is 10.4. The quantitative estimate of drug-likeness (QED) is 0.474. The lowest BCUT2D eigenvalue weighted by molar-refractivity contribution is 0.313. The fourth-order valence-corrected chi connectivity index (χ4v) is 4.23. The van der Waals surface area contributed by atoms with Gasteiger partial charge >= 0.3 is 0 Å². The maximum Gasteiger partial charge on any atom is 0.139 e. The van der Waals surface area contributed by atoms with Crippen molar-refractivity contribution in [2.24, 2.45) is 0 Å². The van der Waals surface area contributed by atoms with Gasteiger partial charge in [-0.05, 0) is 43.4 Å². The number of pyridine rings is 3. The molecule has 0 spiro atoms. The molecule has 1 aliphatic rings. The SMILES string of the molecule is CN1CCN(c2ccnc3[nH]c(-c4n[nH]c5ccc(-c6cccnc6)nc45)cc23)CC1. The van der Waals surface area contributed by atoms with Gasteiger partial charge in [0.2, 0.25) is 0 Å². The molecule has 0 unspecified atom stereocenters. The molecule has 1 aliphatic heterocycles. The van der Waals surface area contributed by atoms with Crippen LogP contribution in [-0.4, -0.2) is 68.3 Å². The van der Waals surface area contributed by atoms with Crippen molar-refractivity contribution in [3.8, 4) is 22.6 Å². The van der Waals surface area contributed by atoms with Gasteiger partial charge in [-0.1, -0.05) is 0 Å². The first-order chi connectivity index (χ1) is 15.3. The van der Waals surface area contributed by atoms with Crippen LogP contribution < -0.4 is 4.90 Å². The highest BCUT2D eigenvalue weighted by Crippen LogP contribution is 2.33. The summed E-state index contributed by atoms with van der Waals surface area (Å²) in [5.41, 5.74) is 7.36. The van der Waals surface area contributed by atoms with Crippen LogP contribution in [0.15, 0.2) is 55.0 Å². The molecule has 0 aromatic carbocycles. The monoisotopic (exact) mass is 410 g/mol. The minimum Gasteiger partial charge on any atom is -0.368 e. The molecule has 1 saturated heterocycles. The van der Waals surface area contributed by atoms with E-state index in [1.807, 2.05) is 36.7 Å². The van der Waals surface area contributed by atoms with Crippen LogP contribution in [0.2, 0.25) is 0 Å². The van der Waals surface area contributed by atoms with Crippen LogP contribution in [0.1, 0.15) is 0 Å². The molecule has 2 N–H and O–H groups in total. The topological polar surface area (TPSA) is 89.6 Å². The van der Waals surface area contributed by atoms with Crippen molar-refractivity contribution in [2.75, 3.05) is 38.1 Å². The predicted octanol–water partition coefficient (Wildman–Crippen LogP) is 3.32. The number of hydrogen-bond acceptors (Lipinski definition) is 6. The second-order valence-electron chi connectivity index (χ2n) is 7.97. The number of anilines is 1. The molecule has 0 atom stereocenters. The van der Waals surface area contributed by atoms with Gasteiger partial charge in [0, 0.05) is 61.4 Å². The lowest BCUT2D eigenvalue weighted by Crippen LogP contribution is -2.44. The molecule has 5 aromatic heterocycles.